The summed E-state index contributed by atoms with van der Waals surface area (Å²) in [5.74, 6) is 1.03. The van der Waals surface area contributed by atoms with E-state index < -0.39 is 0 Å². The second-order valence-corrected chi connectivity index (χ2v) is 4.87. The second-order valence-electron chi connectivity index (χ2n) is 4.08. The molecule has 1 aromatic heterocycles. The molecule has 0 amide bonds. The van der Waals surface area contributed by atoms with Crippen molar-refractivity contribution in [2.24, 2.45) is 0 Å². The number of aldehydes is 1. The molecule has 0 N–H and O–H groups in total. The third-order valence-electron chi connectivity index (χ3n) is 2.79. The summed E-state index contributed by atoms with van der Waals surface area (Å²) in [6.45, 7) is 2.00. The number of halogens is 1. The van der Waals surface area contributed by atoms with Gasteiger partial charge in [0, 0.05) is 18.6 Å². The Labute approximate surface area is 119 Å². The Morgan fingerprint density at radius 2 is 2.05 bits per heavy atom. The monoisotopic (exact) mass is 326 g/mol. The molecular weight excluding hydrogens is 312 g/mol. The van der Waals surface area contributed by atoms with E-state index in [-0.39, 0.29) is 0 Å². The van der Waals surface area contributed by atoms with Crippen LogP contribution >= 0.6 is 15.9 Å². The Morgan fingerprint density at radius 3 is 2.58 bits per heavy atom. The molecule has 102 valence electrons. The van der Waals surface area contributed by atoms with Gasteiger partial charge in [-0.05, 0) is 47.0 Å². The molecule has 3 rings (SSSR count). The zero-order valence-electron chi connectivity index (χ0n) is 10.6. The number of carbonyl (C=O) groups excluding carboxylic acids is 1. The first-order valence-corrected chi connectivity index (χ1v) is 6.84. The van der Waals surface area contributed by atoms with E-state index >= 15 is 0 Å². The quantitative estimate of drug-likeness (QED) is 0.787. The van der Waals surface area contributed by atoms with E-state index in [1.807, 2.05) is 6.07 Å². The van der Waals surface area contributed by atoms with Gasteiger partial charge in [-0.3, -0.25) is 4.79 Å². The molecule has 0 radical (unpaired) electrons. The minimum Gasteiger partial charge on any atom is -0.497 e. The molecule has 0 spiro atoms. The number of ether oxygens (including phenoxy) is 2. The fourth-order valence-electron chi connectivity index (χ4n) is 1.78. The van der Waals surface area contributed by atoms with E-state index in [0.29, 0.717) is 22.1 Å². The standard InChI is InChI=1S/C10H7BrO3.C4H8O/c1-13-6-2-3-8-7(4-6)10(11)9(5-12)14-8;1-2-4-5-3-1/h2-5H,1H3;1-4H2. The van der Waals surface area contributed by atoms with Crippen molar-refractivity contribution >= 4 is 33.2 Å². The highest BCUT2D eigenvalue weighted by Crippen LogP contribution is 2.32. The van der Waals surface area contributed by atoms with Crippen LogP contribution in [0.15, 0.2) is 27.1 Å². The molecule has 0 bridgehead atoms. The van der Waals surface area contributed by atoms with Crippen LogP contribution in [0.3, 0.4) is 0 Å². The van der Waals surface area contributed by atoms with Gasteiger partial charge in [-0.25, -0.2) is 0 Å². The molecule has 1 fully saturated rings. The summed E-state index contributed by atoms with van der Waals surface area (Å²) in [7, 11) is 1.59. The molecule has 1 saturated heterocycles. The van der Waals surface area contributed by atoms with Crippen LogP contribution in [-0.4, -0.2) is 26.6 Å². The van der Waals surface area contributed by atoms with Crippen molar-refractivity contribution in [3.63, 3.8) is 0 Å². The maximum atomic E-state index is 10.6. The molecule has 0 saturated carbocycles. The number of methoxy groups -OCH3 is 1. The lowest BCUT2D eigenvalue weighted by molar-refractivity contribution is 0.110. The highest BCUT2D eigenvalue weighted by molar-refractivity contribution is 9.10. The number of benzene rings is 1. The third-order valence-corrected chi connectivity index (χ3v) is 3.61. The van der Waals surface area contributed by atoms with Gasteiger partial charge in [-0.2, -0.15) is 0 Å². The predicted molar refractivity (Wildman–Crippen MR) is 75.9 cm³/mol. The summed E-state index contributed by atoms with van der Waals surface area (Å²) in [4.78, 5) is 10.6. The Bertz CT molecular complexity index is 550. The minimum atomic E-state index is 0.299. The lowest BCUT2D eigenvalue weighted by Gasteiger charge is -1.97. The van der Waals surface area contributed by atoms with Crippen LogP contribution in [0.4, 0.5) is 0 Å². The molecule has 4 nitrogen and oxygen atoms in total. The Morgan fingerprint density at radius 1 is 1.32 bits per heavy atom. The van der Waals surface area contributed by atoms with Crippen molar-refractivity contribution in [1.82, 2.24) is 0 Å². The number of carbonyl (C=O) groups is 1. The van der Waals surface area contributed by atoms with Crippen LogP contribution in [0.5, 0.6) is 5.75 Å². The largest absolute Gasteiger partial charge is 0.497 e. The van der Waals surface area contributed by atoms with Crippen LogP contribution < -0.4 is 4.74 Å². The first-order chi connectivity index (χ1) is 9.26. The number of fused-ring (bicyclic) bond motifs is 1. The van der Waals surface area contributed by atoms with Crippen molar-refractivity contribution in [3.8, 4) is 5.75 Å². The Kier molecular flexibility index (Phi) is 4.99. The highest BCUT2D eigenvalue weighted by Gasteiger charge is 2.11. The number of rotatable bonds is 2. The van der Waals surface area contributed by atoms with Crippen LogP contribution in [0.25, 0.3) is 11.0 Å². The topological polar surface area (TPSA) is 48.7 Å². The van der Waals surface area contributed by atoms with Crippen LogP contribution in [-0.2, 0) is 4.74 Å². The number of furan rings is 1. The average Bonchev–Trinajstić information content (AvgIpc) is 3.11. The summed E-state index contributed by atoms with van der Waals surface area (Å²) in [5.41, 5.74) is 0.666. The smallest absolute Gasteiger partial charge is 0.186 e. The first-order valence-electron chi connectivity index (χ1n) is 6.05. The fraction of sp³-hybridized carbons (Fsp3) is 0.357. The maximum absolute atomic E-state index is 10.6. The van der Waals surface area contributed by atoms with E-state index in [4.69, 9.17) is 13.9 Å². The predicted octanol–water partition coefficient (Wildman–Crippen LogP) is 3.81. The molecule has 5 heteroatoms. The Balaban J connectivity index is 0.000000224. The molecule has 1 aromatic carbocycles. The van der Waals surface area contributed by atoms with Gasteiger partial charge in [-0.1, -0.05) is 0 Å². The second kappa shape index (κ2) is 6.73. The molecule has 2 aromatic rings. The zero-order valence-corrected chi connectivity index (χ0v) is 12.2. The lowest BCUT2D eigenvalue weighted by Crippen LogP contribution is -1.80. The average molecular weight is 327 g/mol. The van der Waals surface area contributed by atoms with Gasteiger partial charge in [0.05, 0.1) is 11.6 Å². The van der Waals surface area contributed by atoms with Crippen molar-refractivity contribution < 1.29 is 18.7 Å². The van der Waals surface area contributed by atoms with Gasteiger partial charge in [-0.15, -0.1) is 0 Å². The highest BCUT2D eigenvalue weighted by atomic mass is 79.9. The van der Waals surface area contributed by atoms with Crippen molar-refractivity contribution in [3.05, 3.63) is 28.4 Å². The molecule has 2 heterocycles. The number of hydrogen-bond acceptors (Lipinski definition) is 4. The summed E-state index contributed by atoms with van der Waals surface area (Å²) < 4.78 is 16.0. The van der Waals surface area contributed by atoms with E-state index in [0.717, 1.165) is 24.3 Å². The fourth-order valence-corrected chi connectivity index (χ4v) is 2.26. The molecule has 0 unspecified atom stereocenters. The summed E-state index contributed by atoms with van der Waals surface area (Å²) in [6, 6.07) is 5.37. The van der Waals surface area contributed by atoms with E-state index in [9.17, 15) is 4.79 Å². The lowest BCUT2D eigenvalue weighted by atomic mass is 10.2. The molecular formula is C14H15BrO4. The SMILES string of the molecule is C1CCOC1.COc1ccc2oc(C=O)c(Br)c2c1. The van der Waals surface area contributed by atoms with Crippen LogP contribution in [0.1, 0.15) is 23.4 Å². The van der Waals surface area contributed by atoms with Gasteiger partial charge in [0.25, 0.3) is 0 Å². The summed E-state index contributed by atoms with van der Waals surface area (Å²) in [6.07, 6.45) is 3.23. The molecule has 1 aliphatic rings. The zero-order chi connectivity index (χ0) is 13.7. The van der Waals surface area contributed by atoms with E-state index in [2.05, 4.69) is 15.9 Å². The summed E-state index contributed by atoms with van der Waals surface area (Å²) in [5, 5.41) is 0.839. The molecule has 19 heavy (non-hydrogen) atoms. The molecule has 0 aliphatic carbocycles. The minimum absolute atomic E-state index is 0.299. The van der Waals surface area contributed by atoms with Gasteiger partial charge in [0.15, 0.2) is 12.0 Å². The molecule has 1 aliphatic heterocycles. The van der Waals surface area contributed by atoms with E-state index in [1.54, 1.807) is 19.2 Å². The van der Waals surface area contributed by atoms with Crippen molar-refractivity contribution in [2.45, 2.75) is 12.8 Å². The van der Waals surface area contributed by atoms with Crippen molar-refractivity contribution in [1.29, 1.82) is 0 Å². The third kappa shape index (κ3) is 3.36. The molecule has 0 atom stereocenters. The van der Waals surface area contributed by atoms with Gasteiger partial charge in [0.2, 0.25) is 0 Å². The summed E-state index contributed by atoms with van der Waals surface area (Å²) >= 11 is 3.29. The number of hydrogen-bond donors (Lipinski definition) is 0. The Hall–Kier alpha value is -1.33. The maximum Gasteiger partial charge on any atom is 0.186 e. The van der Waals surface area contributed by atoms with Gasteiger partial charge < -0.3 is 13.9 Å². The van der Waals surface area contributed by atoms with E-state index in [1.165, 1.54) is 12.8 Å². The first kappa shape index (κ1) is 14.1. The normalized spacial score (nSPS) is 14.0. The van der Waals surface area contributed by atoms with Crippen LogP contribution in [0, 0.1) is 0 Å². The van der Waals surface area contributed by atoms with Gasteiger partial charge >= 0.3 is 0 Å². The van der Waals surface area contributed by atoms with Crippen molar-refractivity contribution in [2.75, 3.05) is 20.3 Å². The van der Waals surface area contributed by atoms with Crippen LogP contribution in [0.2, 0.25) is 0 Å². The van der Waals surface area contributed by atoms with Gasteiger partial charge in [0.1, 0.15) is 11.3 Å².